The summed E-state index contributed by atoms with van der Waals surface area (Å²) >= 11 is 0. The molecule has 3 aromatic carbocycles. The Labute approximate surface area is 182 Å². The first-order valence-corrected chi connectivity index (χ1v) is 11.4. The number of hydrogen-bond acceptors (Lipinski definition) is 4. The van der Waals surface area contributed by atoms with Gasteiger partial charge in [-0.25, -0.2) is 8.42 Å². The maximum absolute atomic E-state index is 13.5. The van der Waals surface area contributed by atoms with Crippen LogP contribution in [-0.2, 0) is 14.8 Å². The van der Waals surface area contributed by atoms with Gasteiger partial charge in [-0.15, -0.1) is 0 Å². The largest absolute Gasteiger partial charge is 0.476 e. The Balaban J connectivity index is 1.70. The first-order valence-electron chi connectivity index (χ1n) is 9.98. The number of amides is 1. The first-order chi connectivity index (χ1) is 14.7. The number of carbonyl (C=O) groups excluding carboxylic acids is 1. The minimum Gasteiger partial charge on any atom is -0.476 e. The summed E-state index contributed by atoms with van der Waals surface area (Å²) in [5, 5.41) is 2.83. The summed E-state index contributed by atoms with van der Waals surface area (Å²) < 4.78 is 34.1. The average Bonchev–Trinajstić information content (AvgIpc) is 2.73. The third kappa shape index (κ3) is 4.27. The summed E-state index contributed by atoms with van der Waals surface area (Å²) in [6, 6.07) is 19.4. The lowest BCUT2D eigenvalue weighted by molar-refractivity contribution is -0.122. The van der Waals surface area contributed by atoms with Gasteiger partial charge in [-0.2, -0.15) is 0 Å². The quantitative estimate of drug-likeness (QED) is 0.665. The number of nitrogens with one attached hydrogen (secondary N) is 1. The molecule has 0 saturated heterocycles. The zero-order chi connectivity index (χ0) is 22.2. The van der Waals surface area contributed by atoms with Gasteiger partial charge in [-0.3, -0.25) is 9.10 Å². The Morgan fingerprint density at radius 1 is 0.935 bits per heavy atom. The fourth-order valence-electron chi connectivity index (χ4n) is 3.51. The van der Waals surface area contributed by atoms with Crippen LogP contribution >= 0.6 is 0 Å². The smallest absolute Gasteiger partial charge is 0.267 e. The fraction of sp³-hybridized carbons (Fsp3) is 0.208. The van der Waals surface area contributed by atoms with Gasteiger partial charge in [0.05, 0.1) is 17.1 Å². The number of aryl methyl sites for hydroxylation is 3. The standard InChI is InChI=1S/C24H24N2O4S/c1-16-7-10-20(11-8-16)31(28,29)26-15-23(30-22-14-18(3)9-12-21(22)26)24(27)25-19-6-4-5-17(2)13-19/h4-14,23H,15H2,1-3H3,(H,25,27)/t23-/m0/s1. The Morgan fingerprint density at radius 3 is 2.32 bits per heavy atom. The lowest BCUT2D eigenvalue weighted by Gasteiger charge is -2.35. The van der Waals surface area contributed by atoms with Crippen LogP contribution in [0, 0.1) is 20.8 Å². The minimum atomic E-state index is -3.88. The van der Waals surface area contributed by atoms with Crippen molar-refractivity contribution in [3.8, 4) is 5.75 Å². The predicted molar refractivity (Wildman–Crippen MR) is 121 cm³/mol. The molecule has 31 heavy (non-hydrogen) atoms. The van der Waals surface area contributed by atoms with Crippen molar-refractivity contribution in [2.24, 2.45) is 0 Å². The Morgan fingerprint density at radius 2 is 1.61 bits per heavy atom. The summed E-state index contributed by atoms with van der Waals surface area (Å²) in [6.45, 7) is 5.60. The highest BCUT2D eigenvalue weighted by molar-refractivity contribution is 7.92. The molecule has 0 bridgehead atoms. The molecule has 1 atom stereocenters. The van der Waals surface area contributed by atoms with Crippen LogP contribution in [0.2, 0.25) is 0 Å². The molecule has 3 aromatic rings. The number of rotatable bonds is 4. The van der Waals surface area contributed by atoms with Crippen molar-refractivity contribution in [2.75, 3.05) is 16.2 Å². The molecule has 0 unspecified atom stereocenters. The topological polar surface area (TPSA) is 75.7 Å². The van der Waals surface area contributed by atoms with Gasteiger partial charge in [0.1, 0.15) is 5.75 Å². The van der Waals surface area contributed by atoms with E-state index in [0.29, 0.717) is 17.1 Å². The number of fused-ring (bicyclic) bond motifs is 1. The molecule has 0 saturated carbocycles. The van der Waals surface area contributed by atoms with E-state index in [-0.39, 0.29) is 11.4 Å². The Kier molecular flexibility index (Phi) is 5.45. The van der Waals surface area contributed by atoms with Crippen LogP contribution in [0.3, 0.4) is 0 Å². The molecule has 160 valence electrons. The molecule has 4 rings (SSSR count). The van der Waals surface area contributed by atoms with Crippen molar-refractivity contribution >= 4 is 27.3 Å². The van der Waals surface area contributed by atoms with E-state index < -0.39 is 22.0 Å². The third-order valence-electron chi connectivity index (χ3n) is 5.17. The molecule has 0 fully saturated rings. The van der Waals surface area contributed by atoms with Gasteiger partial charge in [0, 0.05) is 5.69 Å². The second kappa shape index (κ2) is 8.07. The lowest BCUT2D eigenvalue weighted by Crippen LogP contribution is -2.48. The minimum absolute atomic E-state index is 0.121. The molecule has 1 heterocycles. The Hall–Kier alpha value is -3.32. The van der Waals surface area contributed by atoms with E-state index in [4.69, 9.17) is 4.74 Å². The van der Waals surface area contributed by atoms with Gasteiger partial charge < -0.3 is 10.1 Å². The van der Waals surface area contributed by atoms with E-state index in [1.54, 1.807) is 42.5 Å². The van der Waals surface area contributed by atoms with Gasteiger partial charge >= 0.3 is 0 Å². The lowest BCUT2D eigenvalue weighted by atomic mass is 10.1. The maximum Gasteiger partial charge on any atom is 0.267 e. The Bertz CT molecular complexity index is 1240. The highest BCUT2D eigenvalue weighted by Gasteiger charge is 2.37. The van der Waals surface area contributed by atoms with E-state index in [1.807, 2.05) is 45.0 Å². The molecule has 6 nitrogen and oxygen atoms in total. The molecule has 0 aromatic heterocycles. The number of sulfonamides is 1. The van der Waals surface area contributed by atoms with Gasteiger partial charge in [0.15, 0.2) is 6.10 Å². The van der Waals surface area contributed by atoms with Crippen molar-refractivity contribution in [3.63, 3.8) is 0 Å². The molecule has 1 aliphatic rings. The van der Waals surface area contributed by atoms with E-state index in [0.717, 1.165) is 16.7 Å². The van der Waals surface area contributed by atoms with E-state index >= 15 is 0 Å². The van der Waals surface area contributed by atoms with Crippen molar-refractivity contribution in [3.05, 3.63) is 83.4 Å². The predicted octanol–water partition coefficient (Wildman–Crippen LogP) is 4.21. The zero-order valence-electron chi connectivity index (χ0n) is 17.6. The van der Waals surface area contributed by atoms with Crippen LogP contribution in [0.5, 0.6) is 5.75 Å². The van der Waals surface area contributed by atoms with E-state index in [2.05, 4.69) is 5.32 Å². The number of benzene rings is 3. The number of carbonyl (C=O) groups is 1. The number of anilines is 2. The first kappa shape index (κ1) is 20.9. The van der Waals surface area contributed by atoms with Crippen LogP contribution in [0.25, 0.3) is 0 Å². The van der Waals surface area contributed by atoms with E-state index in [1.165, 1.54) is 4.31 Å². The monoisotopic (exact) mass is 436 g/mol. The summed E-state index contributed by atoms with van der Waals surface area (Å²) in [7, 11) is -3.88. The summed E-state index contributed by atoms with van der Waals surface area (Å²) in [5.41, 5.74) is 3.94. The number of hydrogen-bond donors (Lipinski definition) is 1. The van der Waals surface area contributed by atoms with Crippen LogP contribution in [0.15, 0.2) is 71.6 Å². The molecule has 1 N–H and O–H groups in total. The summed E-state index contributed by atoms with van der Waals surface area (Å²) in [4.78, 5) is 13.1. The number of ether oxygens (including phenoxy) is 1. The second-order valence-electron chi connectivity index (χ2n) is 7.79. The molecule has 1 amide bonds. The fourth-order valence-corrected chi connectivity index (χ4v) is 4.98. The normalized spacial score (nSPS) is 15.7. The highest BCUT2D eigenvalue weighted by Crippen LogP contribution is 2.38. The molecular weight excluding hydrogens is 412 g/mol. The molecule has 7 heteroatoms. The van der Waals surface area contributed by atoms with Crippen LogP contribution in [-0.4, -0.2) is 27.0 Å². The van der Waals surface area contributed by atoms with Crippen LogP contribution < -0.4 is 14.4 Å². The van der Waals surface area contributed by atoms with Gasteiger partial charge in [0.2, 0.25) is 0 Å². The van der Waals surface area contributed by atoms with Gasteiger partial charge in [-0.1, -0.05) is 35.9 Å². The SMILES string of the molecule is Cc1ccc(S(=O)(=O)N2C[C@@H](C(=O)Nc3cccc(C)c3)Oc3cc(C)ccc32)cc1. The van der Waals surface area contributed by atoms with E-state index in [9.17, 15) is 13.2 Å². The second-order valence-corrected chi connectivity index (χ2v) is 9.65. The molecule has 0 radical (unpaired) electrons. The van der Waals surface area contributed by atoms with Gasteiger partial charge in [0.25, 0.3) is 15.9 Å². The molecule has 1 aliphatic heterocycles. The van der Waals surface area contributed by atoms with Gasteiger partial charge in [-0.05, 0) is 68.3 Å². The van der Waals surface area contributed by atoms with Crippen molar-refractivity contribution in [1.82, 2.24) is 0 Å². The third-order valence-corrected chi connectivity index (χ3v) is 6.97. The van der Waals surface area contributed by atoms with Crippen molar-refractivity contribution in [1.29, 1.82) is 0 Å². The van der Waals surface area contributed by atoms with Crippen molar-refractivity contribution in [2.45, 2.75) is 31.8 Å². The van der Waals surface area contributed by atoms with Crippen molar-refractivity contribution < 1.29 is 17.9 Å². The molecule has 0 aliphatic carbocycles. The summed E-state index contributed by atoms with van der Waals surface area (Å²) in [6.07, 6.45) is -0.991. The van der Waals surface area contributed by atoms with Crippen LogP contribution in [0.4, 0.5) is 11.4 Å². The highest BCUT2D eigenvalue weighted by atomic mass is 32.2. The van der Waals surface area contributed by atoms with Crippen LogP contribution in [0.1, 0.15) is 16.7 Å². The number of nitrogens with zero attached hydrogens (tertiary/aromatic N) is 1. The summed E-state index contributed by atoms with van der Waals surface area (Å²) in [5.74, 6) is -0.0341. The maximum atomic E-state index is 13.5. The molecule has 0 spiro atoms. The average molecular weight is 437 g/mol. The molecular formula is C24H24N2O4S. The zero-order valence-corrected chi connectivity index (χ0v) is 18.4.